The quantitative estimate of drug-likeness (QED) is 0.722. The van der Waals surface area contributed by atoms with Gasteiger partial charge in [0.2, 0.25) is 0 Å². The average molecular weight is 257 g/mol. The largest absolute Gasteiger partial charge is 0.480 e. The molecule has 0 heterocycles. The lowest BCUT2D eigenvalue weighted by Gasteiger charge is -2.42. The molecular weight excluding hydrogens is 226 g/mol. The Morgan fingerprint density at radius 1 is 1.11 bits per heavy atom. The average Bonchev–Trinajstić information content (AvgIpc) is 2.15. The van der Waals surface area contributed by atoms with Crippen LogP contribution >= 0.6 is 0 Å². The van der Waals surface area contributed by atoms with Gasteiger partial charge in [0.05, 0.1) is 0 Å². The molecule has 0 bridgehead atoms. The lowest BCUT2D eigenvalue weighted by molar-refractivity contribution is -0.151. The molecule has 108 valence electrons. The van der Waals surface area contributed by atoms with Crippen LogP contribution < -0.4 is 0 Å². The summed E-state index contributed by atoms with van der Waals surface area (Å²) in [4.78, 5) is 13.6. The summed E-state index contributed by atoms with van der Waals surface area (Å²) in [7, 11) is 0. The maximum Gasteiger partial charge on any atom is 0.323 e. The van der Waals surface area contributed by atoms with E-state index in [4.69, 9.17) is 0 Å². The fourth-order valence-corrected chi connectivity index (χ4v) is 2.67. The molecule has 0 saturated carbocycles. The van der Waals surface area contributed by atoms with E-state index in [1.54, 1.807) is 0 Å². The van der Waals surface area contributed by atoms with Crippen LogP contribution in [0.1, 0.15) is 61.3 Å². The zero-order valence-corrected chi connectivity index (χ0v) is 13.2. The van der Waals surface area contributed by atoms with Crippen molar-refractivity contribution in [2.75, 3.05) is 6.54 Å². The van der Waals surface area contributed by atoms with Crippen molar-refractivity contribution in [3.8, 4) is 0 Å². The molecule has 1 N–H and O–H groups in total. The monoisotopic (exact) mass is 257 g/mol. The first-order valence-electron chi connectivity index (χ1n) is 7.13. The second kappa shape index (κ2) is 7.13. The van der Waals surface area contributed by atoms with Gasteiger partial charge in [-0.2, -0.15) is 0 Å². The van der Waals surface area contributed by atoms with Gasteiger partial charge in [0.1, 0.15) is 5.54 Å². The highest BCUT2D eigenvalue weighted by Gasteiger charge is 2.38. The van der Waals surface area contributed by atoms with Crippen LogP contribution in [0.25, 0.3) is 0 Å². The highest BCUT2D eigenvalue weighted by molar-refractivity contribution is 5.77. The molecule has 0 unspecified atom stereocenters. The number of carboxylic acids is 1. The molecular formula is C15H31NO2. The zero-order chi connectivity index (χ0) is 14.5. The molecule has 0 spiro atoms. The van der Waals surface area contributed by atoms with Gasteiger partial charge in [0, 0.05) is 6.04 Å². The van der Waals surface area contributed by atoms with Gasteiger partial charge >= 0.3 is 5.97 Å². The maximum absolute atomic E-state index is 11.5. The summed E-state index contributed by atoms with van der Waals surface area (Å²) < 4.78 is 0. The first kappa shape index (κ1) is 17.4. The molecule has 0 saturated heterocycles. The number of nitrogens with zero attached hydrogens (tertiary/aromatic N) is 1. The fourth-order valence-electron chi connectivity index (χ4n) is 2.67. The molecule has 0 aromatic rings. The third-order valence-electron chi connectivity index (χ3n) is 3.51. The Morgan fingerprint density at radius 3 is 1.72 bits per heavy atom. The molecule has 0 aliphatic carbocycles. The van der Waals surface area contributed by atoms with Crippen molar-refractivity contribution in [3.63, 3.8) is 0 Å². The fraction of sp³-hybridized carbons (Fsp3) is 0.933. The number of carbonyl (C=O) groups is 1. The van der Waals surface area contributed by atoms with Crippen LogP contribution in [0.3, 0.4) is 0 Å². The van der Waals surface area contributed by atoms with Gasteiger partial charge in [0.15, 0.2) is 0 Å². The van der Waals surface area contributed by atoms with Crippen LogP contribution in [0.15, 0.2) is 0 Å². The number of hydrogen-bond acceptors (Lipinski definition) is 2. The SMILES string of the molecule is CCN(C(CC(C)C)CC(C)C)C(C)(C)C(=O)O. The highest BCUT2D eigenvalue weighted by atomic mass is 16.4. The lowest BCUT2D eigenvalue weighted by atomic mass is 9.90. The number of hydrogen-bond donors (Lipinski definition) is 1. The molecule has 0 aromatic heterocycles. The molecule has 0 atom stereocenters. The van der Waals surface area contributed by atoms with Gasteiger partial charge in [-0.05, 0) is 45.1 Å². The molecule has 18 heavy (non-hydrogen) atoms. The number of aliphatic carboxylic acids is 1. The number of carboxylic acid groups (broad SMARTS) is 1. The van der Waals surface area contributed by atoms with Crippen LogP contribution in [0.4, 0.5) is 0 Å². The third-order valence-corrected chi connectivity index (χ3v) is 3.51. The highest BCUT2D eigenvalue weighted by Crippen LogP contribution is 2.26. The van der Waals surface area contributed by atoms with Crippen LogP contribution in [0, 0.1) is 11.8 Å². The van der Waals surface area contributed by atoms with Gasteiger partial charge in [-0.25, -0.2) is 0 Å². The predicted octanol–water partition coefficient (Wildman–Crippen LogP) is 3.63. The molecule has 0 radical (unpaired) electrons. The second-order valence-electron chi connectivity index (χ2n) is 6.56. The molecule has 0 aromatic carbocycles. The van der Waals surface area contributed by atoms with E-state index in [1.807, 2.05) is 13.8 Å². The molecule has 0 fully saturated rings. The van der Waals surface area contributed by atoms with Crippen molar-refractivity contribution in [3.05, 3.63) is 0 Å². The maximum atomic E-state index is 11.5. The lowest BCUT2D eigenvalue weighted by Crippen LogP contribution is -2.55. The minimum atomic E-state index is -0.788. The second-order valence-corrected chi connectivity index (χ2v) is 6.56. The summed E-state index contributed by atoms with van der Waals surface area (Å²) >= 11 is 0. The Balaban J connectivity index is 5.07. The van der Waals surface area contributed by atoms with E-state index in [-0.39, 0.29) is 0 Å². The van der Waals surface area contributed by atoms with Crippen molar-refractivity contribution in [1.29, 1.82) is 0 Å². The molecule has 3 nitrogen and oxygen atoms in total. The van der Waals surface area contributed by atoms with Gasteiger partial charge in [0.25, 0.3) is 0 Å². The topological polar surface area (TPSA) is 40.5 Å². The molecule has 0 rings (SSSR count). The summed E-state index contributed by atoms with van der Waals surface area (Å²) in [5.74, 6) is 0.446. The predicted molar refractivity (Wildman–Crippen MR) is 76.8 cm³/mol. The van der Waals surface area contributed by atoms with E-state index >= 15 is 0 Å². The summed E-state index contributed by atoms with van der Waals surface area (Å²) in [5.41, 5.74) is -0.788. The molecule has 0 amide bonds. The van der Waals surface area contributed by atoms with Crippen molar-refractivity contribution in [2.45, 2.75) is 72.9 Å². The van der Waals surface area contributed by atoms with Crippen molar-refractivity contribution in [2.24, 2.45) is 11.8 Å². The van der Waals surface area contributed by atoms with Gasteiger partial charge in [-0.1, -0.05) is 34.6 Å². The summed E-state index contributed by atoms with van der Waals surface area (Å²) in [6.07, 6.45) is 2.12. The molecule has 0 aliphatic heterocycles. The standard InChI is InChI=1S/C15H31NO2/c1-8-16(15(6,7)14(17)18)13(9-11(2)3)10-12(4)5/h11-13H,8-10H2,1-7H3,(H,17,18). The van der Waals surface area contributed by atoms with Crippen molar-refractivity contribution < 1.29 is 9.90 Å². The van der Waals surface area contributed by atoms with E-state index in [0.717, 1.165) is 19.4 Å². The number of rotatable bonds is 8. The van der Waals surface area contributed by atoms with Crippen LogP contribution in [-0.2, 0) is 4.79 Å². The minimum Gasteiger partial charge on any atom is -0.480 e. The first-order chi connectivity index (χ1) is 8.12. The Hall–Kier alpha value is -0.570. The Labute approximate surface area is 113 Å². The van der Waals surface area contributed by atoms with Crippen LogP contribution in [-0.4, -0.2) is 34.1 Å². The number of likely N-dealkylation sites (N-methyl/N-ethyl adjacent to an activating group) is 1. The van der Waals surface area contributed by atoms with Gasteiger partial charge < -0.3 is 5.11 Å². The molecule has 3 heteroatoms. The Kier molecular flexibility index (Phi) is 6.90. The normalized spacial score (nSPS) is 13.1. The first-order valence-corrected chi connectivity index (χ1v) is 7.13. The summed E-state index contributed by atoms with van der Waals surface area (Å²) in [5, 5.41) is 9.42. The summed E-state index contributed by atoms with van der Waals surface area (Å²) in [6, 6.07) is 0.348. The van der Waals surface area contributed by atoms with Crippen molar-refractivity contribution in [1.82, 2.24) is 4.90 Å². The minimum absolute atomic E-state index is 0.348. The van der Waals surface area contributed by atoms with E-state index in [0.29, 0.717) is 17.9 Å². The third kappa shape index (κ3) is 4.97. The zero-order valence-electron chi connectivity index (χ0n) is 13.2. The van der Waals surface area contributed by atoms with Crippen LogP contribution in [0.5, 0.6) is 0 Å². The summed E-state index contributed by atoms with van der Waals surface area (Å²) in [6.45, 7) is 15.3. The smallest absolute Gasteiger partial charge is 0.323 e. The van der Waals surface area contributed by atoms with Gasteiger partial charge in [-0.15, -0.1) is 0 Å². The molecule has 0 aliphatic rings. The van der Waals surface area contributed by atoms with E-state index in [1.165, 1.54) is 0 Å². The Bertz CT molecular complexity index is 249. The van der Waals surface area contributed by atoms with E-state index < -0.39 is 11.5 Å². The van der Waals surface area contributed by atoms with Gasteiger partial charge in [-0.3, -0.25) is 9.69 Å². The van der Waals surface area contributed by atoms with Crippen LogP contribution in [0.2, 0.25) is 0 Å². The van der Waals surface area contributed by atoms with Crippen molar-refractivity contribution >= 4 is 5.97 Å². The van der Waals surface area contributed by atoms with E-state index in [2.05, 4.69) is 39.5 Å². The van der Waals surface area contributed by atoms with E-state index in [9.17, 15) is 9.90 Å². The Morgan fingerprint density at radius 2 is 1.50 bits per heavy atom.